The maximum absolute atomic E-state index is 11.2. The van der Waals surface area contributed by atoms with Gasteiger partial charge in [-0.05, 0) is 19.4 Å². The molecule has 0 atom stereocenters. The highest BCUT2D eigenvalue weighted by molar-refractivity contribution is 7.18. The first-order valence-corrected chi connectivity index (χ1v) is 7.42. The summed E-state index contributed by atoms with van der Waals surface area (Å²) in [6.07, 6.45) is 0.956. The number of carbonyl (C=O) groups excluding carboxylic acids is 1. The molecule has 20 heavy (non-hydrogen) atoms. The van der Waals surface area contributed by atoms with Crippen molar-refractivity contribution in [2.24, 2.45) is 5.73 Å². The Kier molecular flexibility index (Phi) is 4.39. The predicted molar refractivity (Wildman–Crippen MR) is 83.4 cm³/mol. The zero-order chi connectivity index (χ0) is 14.7. The van der Waals surface area contributed by atoms with Crippen LogP contribution in [0.4, 0.5) is 11.8 Å². The third kappa shape index (κ3) is 2.82. The summed E-state index contributed by atoms with van der Waals surface area (Å²) in [7, 11) is 1.78. The van der Waals surface area contributed by atoms with Crippen LogP contribution in [0.5, 0.6) is 0 Å². The van der Waals surface area contributed by atoms with Crippen molar-refractivity contribution in [2.45, 2.75) is 20.3 Å². The minimum absolute atomic E-state index is 0.156. The average Bonchev–Trinajstić information content (AvgIpc) is 2.86. The van der Waals surface area contributed by atoms with E-state index in [1.54, 1.807) is 18.4 Å². The lowest BCUT2D eigenvalue weighted by Gasteiger charge is -2.21. The Balaban J connectivity index is 2.58. The zero-order valence-corrected chi connectivity index (χ0v) is 12.8. The summed E-state index contributed by atoms with van der Waals surface area (Å²) in [4.78, 5) is 24.2. The van der Waals surface area contributed by atoms with E-state index in [-0.39, 0.29) is 12.5 Å². The van der Waals surface area contributed by atoms with Crippen LogP contribution in [0.15, 0.2) is 6.07 Å². The topological polar surface area (TPSA) is 84.1 Å². The van der Waals surface area contributed by atoms with E-state index < -0.39 is 0 Å². The number of hydrogen-bond acceptors (Lipinski definition) is 6. The number of thiophene rings is 1. The molecule has 0 aliphatic heterocycles. The fraction of sp³-hybridized carbons (Fsp3) is 0.462. The molecule has 7 heteroatoms. The van der Waals surface area contributed by atoms with Gasteiger partial charge in [0.25, 0.3) is 0 Å². The van der Waals surface area contributed by atoms with E-state index in [0.29, 0.717) is 12.5 Å². The van der Waals surface area contributed by atoms with Crippen LogP contribution in [0.2, 0.25) is 0 Å². The van der Waals surface area contributed by atoms with E-state index in [4.69, 9.17) is 5.73 Å². The fourth-order valence-corrected chi connectivity index (χ4v) is 2.97. The predicted octanol–water partition coefficient (Wildman–Crippen LogP) is 1.61. The number of rotatable bonds is 6. The monoisotopic (exact) mass is 293 g/mol. The van der Waals surface area contributed by atoms with Gasteiger partial charge in [0, 0.05) is 18.5 Å². The highest BCUT2D eigenvalue weighted by Crippen LogP contribution is 2.32. The van der Waals surface area contributed by atoms with Crippen molar-refractivity contribution in [1.82, 2.24) is 9.97 Å². The van der Waals surface area contributed by atoms with Crippen LogP contribution in [0.1, 0.15) is 18.7 Å². The SMILES string of the molecule is CCc1cc2c(N(CC)CC(N)=O)nc(NC)nc2s1. The summed E-state index contributed by atoms with van der Waals surface area (Å²) in [6.45, 7) is 4.90. The number of hydrogen-bond donors (Lipinski definition) is 2. The Morgan fingerprint density at radius 3 is 2.75 bits per heavy atom. The van der Waals surface area contributed by atoms with E-state index in [1.165, 1.54) is 4.88 Å². The summed E-state index contributed by atoms with van der Waals surface area (Å²) in [5.41, 5.74) is 5.32. The lowest BCUT2D eigenvalue weighted by molar-refractivity contribution is -0.116. The third-order valence-corrected chi connectivity index (χ3v) is 4.20. The van der Waals surface area contributed by atoms with Gasteiger partial charge in [-0.2, -0.15) is 4.98 Å². The highest BCUT2D eigenvalue weighted by Gasteiger charge is 2.17. The van der Waals surface area contributed by atoms with Crippen LogP contribution < -0.4 is 16.0 Å². The fourth-order valence-electron chi connectivity index (χ4n) is 2.01. The van der Waals surface area contributed by atoms with Gasteiger partial charge >= 0.3 is 0 Å². The quantitative estimate of drug-likeness (QED) is 0.845. The molecule has 0 unspecified atom stereocenters. The van der Waals surface area contributed by atoms with Crippen LogP contribution in [0, 0.1) is 0 Å². The largest absolute Gasteiger partial charge is 0.368 e. The second-order valence-electron chi connectivity index (χ2n) is 4.39. The average molecular weight is 293 g/mol. The van der Waals surface area contributed by atoms with Gasteiger partial charge in [-0.1, -0.05) is 6.92 Å². The molecule has 3 N–H and O–H groups in total. The smallest absolute Gasteiger partial charge is 0.236 e. The minimum atomic E-state index is -0.365. The number of aromatic nitrogens is 2. The number of likely N-dealkylation sites (N-methyl/N-ethyl adjacent to an activating group) is 1. The number of nitrogens with two attached hydrogens (primary N) is 1. The van der Waals surface area contributed by atoms with Crippen LogP contribution in [0.3, 0.4) is 0 Å². The Hall–Kier alpha value is -1.89. The molecule has 2 rings (SSSR count). The molecule has 0 radical (unpaired) electrons. The Morgan fingerprint density at radius 1 is 1.45 bits per heavy atom. The summed E-state index contributed by atoms with van der Waals surface area (Å²) >= 11 is 1.65. The second kappa shape index (κ2) is 6.04. The highest BCUT2D eigenvalue weighted by atomic mass is 32.1. The zero-order valence-electron chi connectivity index (χ0n) is 11.9. The molecule has 0 spiro atoms. The van der Waals surface area contributed by atoms with Gasteiger partial charge in [0.1, 0.15) is 10.6 Å². The number of primary amides is 1. The van der Waals surface area contributed by atoms with Crippen molar-refractivity contribution in [3.05, 3.63) is 10.9 Å². The van der Waals surface area contributed by atoms with Gasteiger partial charge in [-0.3, -0.25) is 4.79 Å². The Morgan fingerprint density at radius 2 is 2.20 bits per heavy atom. The number of amides is 1. The van der Waals surface area contributed by atoms with Crippen molar-refractivity contribution >= 4 is 39.2 Å². The maximum Gasteiger partial charge on any atom is 0.236 e. The first-order chi connectivity index (χ1) is 9.58. The molecule has 0 aliphatic rings. The van der Waals surface area contributed by atoms with Crippen molar-refractivity contribution in [3.8, 4) is 0 Å². The van der Waals surface area contributed by atoms with E-state index in [0.717, 1.165) is 22.5 Å². The molecule has 0 aromatic carbocycles. The lowest BCUT2D eigenvalue weighted by Crippen LogP contribution is -2.34. The third-order valence-electron chi connectivity index (χ3n) is 3.02. The molecular formula is C13H19N5OS. The van der Waals surface area contributed by atoms with Gasteiger partial charge in [0.05, 0.1) is 11.9 Å². The van der Waals surface area contributed by atoms with E-state index in [9.17, 15) is 4.79 Å². The van der Waals surface area contributed by atoms with Gasteiger partial charge in [0.15, 0.2) is 0 Å². The summed E-state index contributed by atoms with van der Waals surface area (Å²) in [5, 5.41) is 3.94. The molecule has 0 bridgehead atoms. The summed E-state index contributed by atoms with van der Waals surface area (Å²) in [5.74, 6) is 0.951. The van der Waals surface area contributed by atoms with Crippen LogP contribution >= 0.6 is 11.3 Å². The molecule has 0 aliphatic carbocycles. The maximum atomic E-state index is 11.2. The molecule has 2 aromatic heterocycles. The first kappa shape index (κ1) is 14.5. The first-order valence-electron chi connectivity index (χ1n) is 6.60. The molecule has 2 aromatic rings. The number of fused-ring (bicyclic) bond motifs is 1. The van der Waals surface area contributed by atoms with Crippen molar-refractivity contribution in [3.63, 3.8) is 0 Å². The minimum Gasteiger partial charge on any atom is -0.368 e. The number of aryl methyl sites for hydroxylation is 1. The van der Waals surface area contributed by atoms with Crippen molar-refractivity contribution < 1.29 is 4.79 Å². The van der Waals surface area contributed by atoms with Crippen molar-refractivity contribution in [1.29, 1.82) is 0 Å². The molecule has 6 nitrogen and oxygen atoms in total. The molecular weight excluding hydrogens is 274 g/mol. The second-order valence-corrected chi connectivity index (χ2v) is 5.50. The normalized spacial score (nSPS) is 10.8. The summed E-state index contributed by atoms with van der Waals surface area (Å²) in [6, 6.07) is 2.10. The van der Waals surface area contributed by atoms with E-state index in [1.807, 2.05) is 11.8 Å². The molecule has 0 fully saturated rings. The number of carbonyl (C=O) groups is 1. The van der Waals surface area contributed by atoms with Gasteiger partial charge in [-0.15, -0.1) is 11.3 Å². The molecule has 1 amide bonds. The molecule has 108 valence electrons. The molecule has 0 saturated heterocycles. The standard InChI is InChI=1S/C13H19N5OS/c1-4-8-6-9-11(18(5-2)7-10(14)19)16-13(15-3)17-12(9)20-8/h6H,4-5,7H2,1-3H3,(H2,14,19)(H,15,16,17). The van der Waals surface area contributed by atoms with E-state index in [2.05, 4.69) is 28.3 Å². The Bertz CT molecular complexity index is 624. The number of nitrogens with zero attached hydrogens (tertiary/aromatic N) is 3. The number of nitrogens with one attached hydrogen (secondary N) is 1. The number of anilines is 2. The van der Waals surface area contributed by atoms with Crippen LogP contribution in [-0.4, -0.2) is 36.0 Å². The van der Waals surface area contributed by atoms with Gasteiger partial charge in [-0.25, -0.2) is 4.98 Å². The van der Waals surface area contributed by atoms with Gasteiger partial charge < -0.3 is 16.0 Å². The van der Waals surface area contributed by atoms with Crippen LogP contribution in [-0.2, 0) is 11.2 Å². The van der Waals surface area contributed by atoms with Crippen LogP contribution in [0.25, 0.3) is 10.2 Å². The van der Waals surface area contributed by atoms with Gasteiger partial charge in [0.2, 0.25) is 11.9 Å². The summed E-state index contributed by atoms with van der Waals surface area (Å²) < 4.78 is 0. The van der Waals surface area contributed by atoms with E-state index >= 15 is 0 Å². The van der Waals surface area contributed by atoms with Crippen molar-refractivity contribution in [2.75, 3.05) is 30.4 Å². The molecule has 0 saturated carbocycles. The lowest BCUT2D eigenvalue weighted by atomic mass is 10.3. The molecule has 2 heterocycles. The Labute approximate surface area is 122 Å².